The molecule has 0 aromatic heterocycles. The quantitative estimate of drug-likeness (QED) is 0.241. The molecule has 0 radical (unpaired) electrons. The maximum Gasteiger partial charge on any atom is 0.416 e. The summed E-state index contributed by atoms with van der Waals surface area (Å²) in [5, 5.41) is 0.952. The zero-order valence-corrected chi connectivity index (χ0v) is 14.5. The van der Waals surface area contributed by atoms with Gasteiger partial charge in [0.2, 0.25) is 0 Å². The molecule has 0 atom stereocenters. The predicted octanol–water partition coefficient (Wildman–Crippen LogP) is 6.84. The molecule has 0 saturated carbocycles. The van der Waals surface area contributed by atoms with Gasteiger partial charge < -0.3 is 4.74 Å². The molecule has 138 valence electrons. The maximum absolute atomic E-state index is 12.7. The Kier molecular flexibility index (Phi) is 8.39. The van der Waals surface area contributed by atoms with Crippen molar-refractivity contribution in [3.8, 4) is 5.75 Å². The zero-order valence-electron chi connectivity index (χ0n) is 12.9. The lowest BCUT2D eigenvalue weighted by Crippen LogP contribution is -2.11. The van der Waals surface area contributed by atoms with E-state index < -0.39 is 29.2 Å². The minimum atomic E-state index is -4.85. The van der Waals surface area contributed by atoms with Crippen LogP contribution < -0.4 is 4.74 Å². The topological polar surface area (TPSA) is 9.23 Å². The highest BCUT2D eigenvalue weighted by molar-refractivity contribution is 9.09. The van der Waals surface area contributed by atoms with Gasteiger partial charge in [0.1, 0.15) is 5.75 Å². The summed E-state index contributed by atoms with van der Waals surface area (Å²) in [5.41, 5.74) is -2.72. The summed E-state index contributed by atoms with van der Waals surface area (Å²) in [5.74, 6) is -0.406. The van der Waals surface area contributed by atoms with E-state index in [1.807, 2.05) is 0 Å². The minimum absolute atomic E-state index is 0.0940. The number of alkyl halides is 7. The van der Waals surface area contributed by atoms with E-state index in [0.717, 1.165) is 37.4 Å². The van der Waals surface area contributed by atoms with Crippen LogP contribution in [-0.4, -0.2) is 11.9 Å². The highest BCUT2D eigenvalue weighted by Crippen LogP contribution is 2.38. The number of rotatable bonds is 9. The zero-order chi connectivity index (χ0) is 18.2. The second kappa shape index (κ2) is 9.53. The number of benzene rings is 1. The van der Waals surface area contributed by atoms with Crippen molar-refractivity contribution >= 4 is 15.9 Å². The van der Waals surface area contributed by atoms with Gasteiger partial charge in [-0.15, -0.1) is 0 Å². The van der Waals surface area contributed by atoms with E-state index in [2.05, 4.69) is 15.9 Å². The Morgan fingerprint density at radius 3 is 1.62 bits per heavy atom. The third-order valence-corrected chi connectivity index (χ3v) is 3.92. The lowest BCUT2D eigenvalue weighted by Gasteiger charge is -2.14. The first-order chi connectivity index (χ1) is 11.1. The SMILES string of the molecule is FC(F)(F)c1cc(OCCCCCCCCBr)cc(C(F)(F)F)c1. The van der Waals surface area contributed by atoms with Crippen LogP contribution in [0.3, 0.4) is 0 Å². The molecule has 1 aromatic carbocycles. The number of unbranched alkanes of at least 4 members (excludes halogenated alkanes) is 5. The van der Waals surface area contributed by atoms with E-state index in [9.17, 15) is 26.3 Å². The molecule has 0 aliphatic rings. The predicted molar refractivity (Wildman–Crippen MR) is 83.4 cm³/mol. The van der Waals surface area contributed by atoms with Gasteiger partial charge in [-0.3, -0.25) is 0 Å². The van der Waals surface area contributed by atoms with Gasteiger partial charge in [0.05, 0.1) is 17.7 Å². The summed E-state index contributed by atoms with van der Waals surface area (Å²) in [6, 6.07) is 1.30. The molecule has 0 heterocycles. The van der Waals surface area contributed by atoms with Crippen LogP contribution in [0.15, 0.2) is 18.2 Å². The molecule has 0 amide bonds. The highest BCUT2D eigenvalue weighted by atomic mass is 79.9. The lowest BCUT2D eigenvalue weighted by atomic mass is 10.1. The van der Waals surface area contributed by atoms with Crippen molar-refractivity contribution < 1.29 is 31.1 Å². The summed E-state index contributed by atoms with van der Waals surface area (Å²) in [6.07, 6.45) is -4.10. The van der Waals surface area contributed by atoms with Crippen LogP contribution in [-0.2, 0) is 12.4 Å². The molecule has 0 saturated heterocycles. The molecule has 1 nitrogen and oxygen atoms in total. The molecule has 0 bridgehead atoms. The maximum atomic E-state index is 12.7. The van der Waals surface area contributed by atoms with Crippen molar-refractivity contribution in [1.82, 2.24) is 0 Å². The van der Waals surface area contributed by atoms with Crippen molar-refractivity contribution in [2.75, 3.05) is 11.9 Å². The van der Waals surface area contributed by atoms with Crippen molar-refractivity contribution in [1.29, 1.82) is 0 Å². The molecule has 0 spiro atoms. The Morgan fingerprint density at radius 1 is 0.708 bits per heavy atom. The standard InChI is InChI=1S/C16H19BrF6O/c17-7-5-3-1-2-4-6-8-24-14-10-12(15(18,19)20)9-13(11-14)16(21,22)23/h9-11H,1-8H2. The van der Waals surface area contributed by atoms with E-state index >= 15 is 0 Å². The Balaban J connectivity index is 2.58. The van der Waals surface area contributed by atoms with Gasteiger partial charge in [0, 0.05) is 5.33 Å². The van der Waals surface area contributed by atoms with E-state index in [-0.39, 0.29) is 12.7 Å². The first-order valence-corrected chi connectivity index (χ1v) is 8.75. The van der Waals surface area contributed by atoms with Gasteiger partial charge in [-0.25, -0.2) is 0 Å². The van der Waals surface area contributed by atoms with Gasteiger partial charge >= 0.3 is 12.4 Å². The molecule has 8 heteroatoms. The largest absolute Gasteiger partial charge is 0.494 e. The fourth-order valence-electron chi connectivity index (χ4n) is 2.10. The second-order valence-corrected chi connectivity index (χ2v) is 6.19. The molecule has 0 aliphatic heterocycles. The second-order valence-electron chi connectivity index (χ2n) is 5.40. The van der Waals surface area contributed by atoms with Crippen LogP contribution >= 0.6 is 15.9 Å². The molecular weight excluding hydrogens is 402 g/mol. The van der Waals surface area contributed by atoms with Gasteiger partial charge in [0.15, 0.2) is 0 Å². The van der Waals surface area contributed by atoms with Gasteiger partial charge in [0.25, 0.3) is 0 Å². The molecule has 0 fully saturated rings. The monoisotopic (exact) mass is 420 g/mol. The van der Waals surface area contributed by atoms with Crippen LogP contribution in [0.4, 0.5) is 26.3 Å². The summed E-state index contributed by atoms with van der Waals surface area (Å²) < 4.78 is 81.3. The molecular formula is C16H19BrF6O. The summed E-state index contributed by atoms with van der Waals surface area (Å²) in [4.78, 5) is 0. The number of hydrogen-bond acceptors (Lipinski definition) is 1. The fourth-order valence-corrected chi connectivity index (χ4v) is 2.50. The third-order valence-electron chi connectivity index (χ3n) is 3.36. The smallest absolute Gasteiger partial charge is 0.416 e. The van der Waals surface area contributed by atoms with Gasteiger partial charge in [-0.2, -0.15) is 26.3 Å². The van der Waals surface area contributed by atoms with E-state index in [1.165, 1.54) is 0 Å². The van der Waals surface area contributed by atoms with E-state index in [1.54, 1.807) is 0 Å². The van der Waals surface area contributed by atoms with Crippen LogP contribution in [0.25, 0.3) is 0 Å². The summed E-state index contributed by atoms with van der Waals surface area (Å²) in [6.45, 7) is 0.0943. The van der Waals surface area contributed by atoms with Gasteiger partial charge in [-0.1, -0.05) is 41.6 Å². The van der Waals surface area contributed by atoms with Crippen LogP contribution in [0, 0.1) is 0 Å². The highest BCUT2D eigenvalue weighted by Gasteiger charge is 2.37. The molecule has 1 rings (SSSR count). The van der Waals surface area contributed by atoms with Gasteiger partial charge in [-0.05, 0) is 31.0 Å². The first-order valence-electron chi connectivity index (χ1n) is 7.63. The third kappa shape index (κ3) is 7.77. The Morgan fingerprint density at radius 2 is 1.17 bits per heavy atom. The van der Waals surface area contributed by atoms with E-state index in [4.69, 9.17) is 4.74 Å². The number of hydrogen-bond donors (Lipinski definition) is 0. The van der Waals surface area contributed by atoms with Crippen LogP contribution in [0.5, 0.6) is 5.75 Å². The molecule has 0 aliphatic carbocycles. The van der Waals surface area contributed by atoms with E-state index in [0.29, 0.717) is 18.6 Å². The Labute approximate surface area is 145 Å². The average Bonchev–Trinajstić information content (AvgIpc) is 2.48. The molecule has 24 heavy (non-hydrogen) atoms. The van der Waals surface area contributed by atoms with Crippen molar-refractivity contribution in [3.05, 3.63) is 29.3 Å². The Hall–Kier alpha value is -0.920. The molecule has 1 aromatic rings. The van der Waals surface area contributed by atoms with Crippen LogP contribution in [0.2, 0.25) is 0 Å². The minimum Gasteiger partial charge on any atom is -0.494 e. The number of halogens is 7. The molecule has 0 N–H and O–H groups in total. The lowest BCUT2D eigenvalue weighted by molar-refractivity contribution is -0.143. The van der Waals surface area contributed by atoms with Crippen molar-refractivity contribution in [2.24, 2.45) is 0 Å². The first kappa shape index (κ1) is 21.1. The van der Waals surface area contributed by atoms with Crippen molar-refractivity contribution in [3.63, 3.8) is 0 Å². The number of ether oxygens (including phenoxy) is 1. The Bertz CT molecular complexity index is 466. The molecule has 0 unspecified atom stereocenters. The average molecular weight is 421 g/mol. The van der Waals surface area contributed by atoms with Crippen LogP contribution in [0.1, 0.15) is 49.7 Å². The fraction of sp³-hybridized carbons (Fsp3) is 0.625. The summed E-state index contributed by atoms with van der Waals surface area (Å²) >= 11 is 3.33. The van der Waals surface area contributed by atoms with Crippen molar-refractivity contribution in [2.45, 2.75) is 50.9 Å². The normalized spacial score (nSPS) is 12.5. The summed E-state index contributed by atoms with van der Waals surface area (Å²) in [7, 11) is 0.